The lowest BCUT2D eigenvalue weighted by atomic mass is 9.34. The molecule has 7 aliphatic rings. The molecule has 2 unspecified atom stereocenters. The number of ether oxygens (including phenoxy) is 2. The van der Waals surface area contributed by atoms with Crippen molar-refractivity contribution in [1.82, 2.24) is 0 Å². The van der Waals surface area contributed by atoms with Crippen LogP contribution in [-0.2, 0) is 14.3 Å². The van der Waals surface area contributed by atoms with E-state index in [4.69, 9.17) is 9.47 Å². The van der Waals surface area contributed by atoms with Crippen molar-refractivity contribution < 1.29 is 19.4 Å². The Bertz CT molecular complexity index is 953. The molecule has 0 aromatic heterocycles. The molecule has 7 rings (SSSR count). The van der Waals surface area contributed by atoms with Gasteiger partial charge < -0.3 is 14.6 Å². The van der Waals surface area contributed by atoms with Crippen molar-refractivity contribution in [3.63, 3.8) is 0 Å². The van der Waals surface area contributed by atoms with E-state index in [9.17, 15) is 9.90 Å². The molecule has 4 saturated carbocycles. The minimum atomic E-state index is -0.950. The molecule has 2 saturated heterocycles. The summed E-state index contributed by atoms with van der Waals surface area (Å²) in [5.41, 5.74) is 2.43. The number of hydrogen-bond acceptors (Lipinski definition) is 4. The van der Waals surface area contributed by atoms with Gasteiger partial charge in [-0.05, 0) is 91.9 Å². The van der Waals surface area contributed by atoms with E-state index in [1.165, 1.54) is 32.1 Å². The quantitative estimate of drug-likeness (QED) is 0.388. The Morgan fingerprint density at radius 1 is 1.00 bits per heavy atom. The first-order chi connectivity index (χ1) is 15.9. The Labute approximate surface area is 205 Å². The predicted octanol–water partition coefficient (Wildman–Crippen LogP) is 6.19. The van der Waals surface area contributed by atoms with Gasteiger partial charge in [0, 0.05) is 29.2 Å². The molecule has 4 nitrogen and oxygen atoms in total. The van der Waals surface area contributed by atoms with Gasteiger partial charge in [-0.15, -0.1) is 0 Å². The first-order valence-electron chi connectivity index (χ1n) is 13.8. The number of rotatable bonds is 2. The summed E-state index contributed by atoms with van der Waals surface area (Å²) in [6, 6.07) is 0. The van der Waals surface area contributed by atoms with Crippen LogP contribution in [0.15, 0.2) is 23.8 Å². The summed E-state index contributed by atoms with van der Waals surface area (Å²) >= 11 is 0. The van der Waals surface area contributed by atoms with Gasteiger partial charge in [-0.2, -0.15) is 0 Å². The van der Waals surface area contributed by atoms with Gasteiger partial charge in [-0.3, -0.25) is 0 Å². The maximum atomic E-state index is 12.2. The van der Waals surface area contributed by atoms with Gasteiger partial charge in [0.25, 0.3) is 0 Å². The lowest BCUT2D eigenvalue weighted by Crippen LogP contribution is -2.73. The fourth-order valence-corrected chi connectivity index (χ4v) is 10.7. The molecule has 1 N–H and O–H groups in total. The Morgan fingerprint density at radius 2 is 1.74 bits per heavy atom. The standard InChI is InChI=1S/C30H44O4/c1-18-7-9-22(34-25(18)31)19(2)20-11-13-27(5)21(20)8-10-24-28(27,6)14-12-23-26(3,4)30(32)16-15-29(23,24)17-33-30/h7,20-24,32H,2,8-17H2,1,3-6H3/t20-,21-,22+,23+,24?,27-,28-,29-,30?/m1/s1. The van der Waals surface area contributed by atoms with Gasteiger partial charge in [-0.1, -0.05) is 40.3 Å². The first-order valence-corrected chi connectivity index (χ1v) is 13.8. The average Bonchev–Trinajstić information content (AvgIpc) is 3.15. The van der Waals surface area contributed by atoms with Crippen LogP contribution in [0.3, 0.4) is 0 Å². The predicted molar refractivity (Wildman–Crippen MR) is 132 cm³/mol. The summed E-state index contributed by atoms with van der Waals surface area (Å²) in [5, 5.41) is 11.3. The Balaban J connectivity index is 1.30. The van der Waals surface area contributed by atoms with Crippen molar-refractivity contribution in [2.45, 2.75) is 104 Å². The zero-order chi connectivity index (χ0) is 24.3. The third-order valence-corrected chi connectivity index (χ3v) is 12.9. The molecule has 1 spiro atoms. The summed E-state index contributed by atoms with van der Waals surface area (Å²) in [6.07, 6.45) is 11.9. The minimum Gasteiger partial charge on any atom is -0.454 e. The molecule has 0 aromatic carbocycles. The molecule has 4 heteroatoms. The molecule has 6 fully saturated rings. The van der Waals surface area contributed by atoms with Crippen LogP contribution < -0.4 is 0 Å². The number of carbonyl (C=O) groups is 1. The summed E-state index contributed by atoms with van der Waals surface area (Å²) in [5.74, 6) is 1.11. The maximum absolute atomic E-state index is 12.2. The topological polar surface area (TPSA) is 55.8 Å². The Morgan fingerprint density at radius 3 is 2.41 bits per heavy atom. The van der Waals surface area contributed by atoms with E-state index in [1.807, 2.05) is 13.0 Å². The largest absolute Gasteiger partial charge is 0.454 e. The van der Waals surface area contributed by atoms with Gasteiger partial charge in [0.05, 0.1) is 6.61 Å². The highest BCUT2D eigenvalue weighted by Crippen LogP contribution is 2.77. The number of hydrogen-bond donors (Lipinski definition) is 1. The van der Waals surface area contributed by atoms with E-state index in [2.05, 4.69) is 34.3 Å². The second kappa shape index (κ2) is 7.00. The zero-order valence-electron chi connectivity index (χ0n) is 21.9. The minimum absolute atomic E-state index is 0.160. The summed E-state index contributed by atoms with van der Waals surface area (Å²) < 4.78 is 12.1. The van der Waals surface area contributed by atoms with Crippen LogP contribution in [-0.4, -0.2) is 29.6 Å². The molecule has 2 bridgehead atoms. The fraction of sp³-hybridized carbons (Fsp3) is 0.833. The Kier molecular flexibility index (Phi) is 4.79. The third kappa shape index (κ3) is 2.60. The molecule has 34 heavy (non-hydrogen) atoms. The van der Waals surface area contributed by atoms with Crippen LogP contribution >= 0.6 is 0 Å². The molecular weight excluding hydrogens is 424 g/mol. The third-order valence-electron chi connectivity index (χ3n) is 12.9. The van der Waals surface area contributed by atoms with E-state index >= 15 is 0 Å². The second-order valence-electron chi connectivity index (χ2n) is 13.9. The van der Waals surface area contributed by atoms with E-state index in [1.54, 1.807) is 0 Å². The molecular formula is C30H44O4. The van der Waals surface area contributed by atoms with Crippen LogP contribution in [0.25, 0.3) is 0 Å². The molecule has 3 aliphatic heterocycles. The summed E-state index contributed by atoms with van der Waals surface area (Å²) in [4.78, 5) is 12.2. The van der Waals surface area contributed by atoms with Gasteiger partial charge in [0.1, 0.15) is 6.10 Å². The molecule has 3 heterocycles. The van der Waals surface area contributed by atoms with E-state index in [0.717, 1.165) is 43.4 Å². The lowest BCUT2D eigenvalue weighted by Gasteiger charge is -2.74. The van der Waals surface area contributed by atoms with Crippen LogP contribution in [0.2, 0.25) is 0 Å². The highest BCUT2D eigenvalue weighted by molar-refractivity contribution is 5.88. The molecule has 0 amide bonds. The Hall–Kier alpha value is -1.13. The highest BCUT2D eigenvalue weighted by atomic mass is 16.6. The SMILES string of the molecule is C=C([C@@H]1CC=C(C)C(=O)O1)[C@H]1CC[C@]2(C)[C@@H]1CCC1[C@]34CCC(O)(OC3)C(C)(C)[C@@H]4CC[C@]12C. The summed E-state index contributed by atoms with van der Waals surface area (Å²) in [7, 11) is 0. The van der Waals surface area contributed by atoms with Crippen LogP contribution in [0, 0.1) is 45.3 Å². The maximum Gasteiger partial charge on any atom is 0.333 e. The van der Waals surface area contributed by atoms with Crippen molar-refractivity contribution >= 4 is 5.97 Å². The molecule has 0 aromatic rings. The van der Waals surface area contributed by atoms with Crippen molar-refractivity contribution in [2.24, 2.45) is 45.3 Å². The van der Waals surface area contributed by atoms with Crippen LogP contribution in [0.1, 0.15) is 92.4 Å². The molecule has 4 aliphatic carbocycles. The normalized spacial score (nSPS) is 53.3. The van der Waals surface area contributed by atoms with Crippen LogP contribution in [0.4, 0.5) is 0 Å². The van der Waals surface area contributed by atoms with Crippen molar-refractivity contribution in [2.75, 3.05) is 6.61 Å². The zero-order valence-corrected chi connectivity index (χ0v) is 21.9. The number of cyclic esters (lactones) is 1. The van der Waals surface area contributed by atoms with E-state index in [-0.39, 0.29) is 33.7 Å². The van der Waals surface area contributed by atoms with Crippen molar-refractivity contribution in [1.29, 1.82) is 0 Å². The number of aliphatic hydroxyl groups is 1. The van der Waals surface area contributed by atoms with Crippen LogP contribution in [0.5, 0.6) is 0 Å². The van der Waals surface area contributed by atoms with Gasteiger partial charge in [0.15, 0.2) is 5.79 Å². The number of carbonyl (C=O) groups excluding carboxylic acids is 1. The second-order valence-corrected chi connectivity index (χ2v) is 13.9. The number of fused-ring (bicyclic) bond motifs is 5. The van der Waals surface area contributed by atoms with Gasteiger partial charge in [-0.25, -0.2) is 4.79 Å². The van der Waals surface area contributed by atoms with Gasteiger partial charge >= 0.3 is 5.97 Å². The van der Waals surface area contributed by atoms with E-state index < -0.39 is 5.79 Å². The summed E-state index contributed by atoms with van der Waals surface area (Å²) in [6.45, 7) is 16.8. The first kappa shape index (κ1) is 23.3. The lowest BCUT2D eigenvalue weighted by molar-refractivity contribution is -0.398. The number of esters is 1. The highest BCUT2D eigenvalue weighted by Gasteiger charge is 2.74. The average molecular weight is 469 g/mol. The fourth-order valence-electron chi connectivity index (χ4n) is 10.7. The van der Waals surface area contributed by atoms with Crippen molar-refractivity contribution in [3.05, 3.63) is 23.8 Å². The van der Waals surface area contributed by atoms with Gasteiger partial charge in [0.2, 0.25) is 0 Å². The van der Waals surface area contributed by atoms with E-state index in [0.29, 0.717) is 23.7 Å². The molecule has 9 atom stereocenters. The van der Waals surface area contributed by atoms with Crippen molar-refractivity contribution in [3.8, 4) is 0 Å². The molecule has 188 valence electrons. The smallest absolute Gasteiger partial charge is 0.333 e. The monoisotopic (exact) mass is 468 g/mol. The molecule has 0 radical (unpaired) electrons.